The summed E-state index contributed by atoms with van der Waals surface area (Å²) >= 11 is 0. The minimum atomic E-state index is -2.29. The van der Waals surface area contributed by atoms with E-state index in [4.69, 9.17) is 18.1 Å². The van der Waals surface area contributed by atoms with E-state index in [2.05, 4.69) is 70.7 Å². The van der Waals surface area contributed by atoms with Crippen molar-refractivity contribution in [3.63, 3.8) is 0 Å². The van der Waals surface area contributed by atoms with Crippen LogP contribution in [0.15, 0.2) is 0 Å². The number of rotatable bonds is 12. The molecule has 9 heteroatoms. The van der Waals surface area contributed by atoms with Crippen LogP contribution in [0, 0.1) is 5.92 Å². The normalized spacial score (nSPS) is 17.5. The maximum Gasteiger partial charge on any atom is 0.369 e. The van der Waals surface area contributed by atoms with Crippen molar-refractivity contribution in [2.24, 2.45) is 11.7 Å². The van der Waals surface area contributed by atoms with Crippen LogP contribution in [-0.2, 0) is 12.3 Å². The van der Waals surface area contributed by atoms with Gasteiger partial charge >= 0.3 is 17.1 Å². The number of nitrogens with two attached hydrogens (primary N) is 1. The van der Waals surface area contributed by atoms with E-state index in [0.29, 0.717) is 12.5 Å². The van der Waals surface area contributed by atoms with Gasteiger partial charge in [-0.15, -0.1) is 0 Å². The topological polar surface area (TPSA) is 65.7 Å². The zero-order chi connectivity index (χ0) is 19.0. The minimum Gasteiger partial charge on any atom is -0.587 e. The van der Waals surface area contributed by atoms with E-state index in [1.807, 2.05) is 0 Å². The third kappa shape index (κ3) is 11.8. The van der Waals surface area contributed by atoms with Crippen LogP contribution in [0.1, 0.15) is 13.8 Å². The van der Waals surface area contributed by atoms with Crippen molar-refractivity contribution in [3.8, 4) is 0 Å². The Labute approximate surface area is 154 Å². The molecule has 0 bridgehead atoms. The van der Waals surface area contributed by atoms with E-state index in [9.17, 15) is 0 Å². The van der Waals surface area contributed by atoms with Gasteiger partial charge in [-0.2, -0.15) is 0 Å². The molecule has 0 heterocycles. The van der Waals surface area contributed by atoms with Crippen molar-refractivity contribution in [2.45, 2.75) is 65.7 Å². The second-order valence-electron chi connectivity index (χ2n) is 8.15. The quantitative estimate of drug-likeness (QED) is 0.384. The highest BCUT2D eigenvalue weighted by Crippen LogP contribution is 2.27. The van der Waals surface area contributed by atoms with Gasteiger partial charge in [0.2, 0.25) is 8.65 Å². The van der Waals surface area contributed by atoms with Crippen LogP contribution in [0.25, 0.3) is 0 Å². The number of hydrogen-bond acceptors (Lipinski definition) is 5. The lowest BCUT2D eigenvalue weighted by Gasteiger charge is -2.40. The first kappa shape index (κ1) is 24.4. The summed E-state index contributed by atoms with van der Waals surface area (Å²) in [6.07, 6.45) is 0. The Morgan fingerprint density at radius 1 is 1.12 bits per heavy atom. The van der Waals surface area contributed by atoms with Gasteiger partial charge < -0.3 is 23.4 Å². The zero-order valence-electron chi connectivity index (χ0n) is 17.3. The molecular weight excluding hydrogens is 369 g/mol. The van der Waals surface area contributed by atoms with Gasteiger partial charge in [0, 0.05) is 13.1 Å². The van der Waals surface area contributed by atoms with E-state index in [1.165, 1.54) is 0 Å². The molecule has 0 aliphatic heterocycles. The van der Waals surface area contributed by atoms with Crippen molar-refractivity contribution in [2.75, 3.05) is 19.6 Å². The monoisotopic (exact) mass is 408 g/mol. The molecule has 0 spiro atoms. The fourth-order valence-electron chi connectivity index (χ4n) is 2.89. The van der Waals surface area contributed by atoms with Crippen molar-refractivity contribution >= 4 is 39.8 Å². The molecule has 0 saturated carbocycles. The summed E-state index contributed by atoms with van der Waals surface area (Å²) in [4.78, 5) is 0. The summed E-state index contributed by atoms with van der Waals surface area (Å²) in [6, 6.07) is 0.982. The molecule has 0 aromatic heterocycles. The lowest BCUT2D eigenvalue weighted by molar-refractivity contribution is 0.320. The fraction of sp³-hybridized carbons (Fsp3) is 0.933. The second-order valence-corrected chi connectivity index (χ2v) is 22.1. The average Bonchev–Trinajstić information content (AvgIpc) is 2.34. The fourth-order valence-corrected chi connectivity index (χ4v) is 19.0. The van der Waals surface area contributed by atoms with Gasteiger partial charge in [0.25, 0.3) is 0 Å². The van der Waals surface area contributed by atoms with Crippen molar-refractivity contribution < 1.29 is 12.3 Å². The molecule has 0 rings (SSSR count). The second kappa shape index (κ2) is 10.5. The van der Waals surface area contributed by atoms with Crippen molar-refractivity contribution in [3.05, 3.63) is 0 Å². The molecule has 144 valence electrons. The molecule has 0 amide bonds. The van der Waals surface area contributed by atoms with Gasteiger partial charge in [-0.05, 0) is 71.3 Å². The zero-order valence-corrected chi connectivity index (χ0v) is 21.3. The molecule has 0 aliphatic carbocycles. The third-order valence-corrected chi connectivity index (χ3v) is 16.7. The Kier molecular flexibility index (Phi) is 10.7. The molecule has 3 N–H and O–H groups in total. The minimum absolute atomic E-state index is 0.499. The third-order valence-electron chi connectivity index (χ3n) is 3.33. The van der Waals surface area contributed by atoms with Crippen molar-refractivity contribution in [1.82, 2.24) is 5.32 Å². The summed E-state index contributed by atoms with van der Waals surface area (Å²) in [5, 5.41) is 3.40. The highest BCUT2D eigenvalue weighted by Gasteiger charge is 2.44. The van der Waals surface area contributed by atoms with Crippen LogP contribution in [-0.4, -0.2) is 59.4 Å². The number of nitrogens with one attached hydrogen (secondary N) is 1. The molecule has 0 saturated heterocycles. The SMILES string of the molecule is C/C=[Si](/C)O[Si](C)(C)O[Si](C)(CC(C)CNCCN)O[Si](C)(C)C. The summed E-state index contributed by atoms with van der Waals surface area (Å²) in [7, 11) is -7.05. The molecular formula is C15H40N2O3Si4. The molecule has 0 aliphatic rings. The Hall–Kier alpha value is 0.378. The Balaban J connectivity index is 5.06. The molecule has 24 heavy (non-hydrogen) atoms. The standard InChI is InChI=1S/C15H40N2O3Si4/c1-10-21(3)18-23(7,8)20-24(9,19-22(4,5)6)14-15(2)13-17-12-11-16/h10,15,17H,11-14,16H2,1-9H3/b21-10-. The first-order valence-electron chi connectivity index (χ1n) is 8.95. The Morgan fingerprint density at radius 2 is 1.71 bits per heavy atom. The molecule has 2 atom stereocenters. The maximum absolute atomic E-state index is 6.67. The van der Waals surface area contributed by atoms with E-state index in [0.717, 1.165) is 19.1 Å². The van der Waals surface area contributed by atoms with Gasteiger partial charge in [-0.25, -0.2) is 0 Å². The van der Waals surface area contributed by atoms with Gasteiger partial charge in [0.1, 0.15) is 0 Å². The lowest BCUT2D eigenvalue weighted by atomic mass is 10.2. The van der Waals surface area contributed by atoms with E-state index >= 15 is 0 Å². The number of hydrogen-bond donors (Lipinski definition) is 2. The molecule has 0 aromatic rings. The Morgan fingerprint density at radius 3 is 2.17 bits per heavy atom. The van der Waals surface area contributed by atoms with Crippen LogP contribution in [0.5, 0.6) is 0 Å². The van der Waals surface area contributed by atoms with Crippen LogP contribution in [0.2, 0.25) is 51.9 Å². The smallest absolute Gasteiger partial charge is 0.369 e. The molecule has 2 unspecified atom stereocenters. The Bertz CT molecular complexity index is 403. The summed E-state index contributed by atoms with van der Waals surface area (Å²) in [5.74, 6) is 0.499. The summed E-state index contributed by atoms with van der Waals surface area (Å²) < 4.78 is 19.6. The summed E-state index contributed by atoms with van der Waals surface area (Å²) in [6.45, 7) is 22.2. The first-order chi connectivity index (χ1) is 10.8. The predicted octanol–water partition coefficient (Wildman–Crippen LogP) is 2.85. The van der Waals surface area contributed by atoms with E-state index in [1.54, 1.807) is 0 Å². The average molecular weight is 409 g/mol. The largest absolute Gasteiger partial charge is 0.587 e. The van der Waals surface area contributed by atoms with E-state index < -0.39 is 34.1 Å². The predicted molar refractivity (Wildman–Crippen MR) is 115 cm³/mol. The highest BCUT2D eigenvalue weighted by molar-refractivity contribution is 6.88. The lowest BCUT2D eigenvalue weighted by Crippen LogP contribution is -2.56. The molecule has 0 radical (unpaired) electrons. The molecule has 5 nitrogen and oxygen atoms in total. The maximum atomic E-state index is 6.67. The van der Waals surface area contributed by atoms with Gasteiger partial charge in [0.15, 0.2) is 8.32 Å². The summed E-state index contributed by atoms with van der Waals surface area (Å²) in [5.41, 5.74) is 7.73. The van der Waals surface area contributed by atoms with Crippen LogP contribution in [0.4, 0.5) is 0 Å². The van der Waals surface area contributed by atoms with Crippen LogP contribution >= 0.6 is 0 Å². The van der Waals surface area contributed by atoms with Gasteiger partial charge in [0.05, 0.1) is 0 Å². The van der Waals surface area contributed by atoms with Gasteiger partial charge in [-0.3, -0.25) is 0 Å². The van der Waals surface area contributed by atoms with Gasteiger partial charge in [-0.1, -0.05) is 12.6 Å². The highest BCUT2D eigenvalue weighted by atomic mass is 28.5. The van der Waals surface area contributed by atoms with Crippen LogP contribution in [0.3, 0.4) is 0 Å². The van der Waals surface area contributed by atoms with Crippen molar-refractivity contribution in [1.29, 1.82) is 0 Å². The van der Waals surface area contributed by atoms with E-state index in [-0.39, 0.29) is 0 Å². The molecule has 0 aromatic carbocycles. The van der Waals surface area contributed by atoms with Crippen LogP contribution < -0.4 is 11.1 Å². The molecule has 0 fully saturated rings. The first-order valence-corrected chi connectivity index (χ1v) is 19.7.